The number of anilines is 2. The summed E-state index contributed by atoms with van der Waals surface area (Å²) < 4.78 is 20.5. The number of carbonyl (C=O) groups is 2. The lowest BCUT2D eigenvalue weighted by atomic mass is 9.46. The van der Waals surface area contributed by atoms with Crippen molar-refractivity contribution in [1.82, 2.24) is 52.8 Å². The quantitative estimate of drug-likeness (QED) is 0.129. The van der Waals surface area contributed by atoms with E-state index in [1.165, 1.54) is 6.33 Å². The number of fused-ring (bicyclic) bond motifs is 3. The van der Waals surface area contributed by atoms with Gasteiger partial charge in [-0.05, 0) is 172 Å². The van der Waals surface area contributed by atoms with Gasteiger partial charge in [0, 0.05) is 14.1 Å². The van der Waals surface area contributed by atoms with E-state index in [9.17, 15) is 19.2 Å². The normalized spacial score (nSPS) is 30.3. The summed E-state index contributed by atoms with van der Waals surface area (Å²) in [5.74, 6) is 1.79. The molecule has 8 aliphatic rings. The van der Waals surface area contributed by atoms with Crippen LogP contribution in [0.3, 0.4) is 0 Å². The third kappa shape index (κ3) is 7.16. The zero-order chi connectivity index (χ0) is 48.1. The molecule has 6 aromatic rings. The predicted octanol–water partition coefficient (Wildman–Crippen LogP) is 7.28. The smallest absolute Gasteiger partial charge is 0.330 e. The molecule has 0 spiro atoms. The number of aromatic nitrogens is 11. The number of hydrogen-bond donors (Lipinski definition) is 1. The van der Waals surface area contributed by atoms with E-state index in [0.29, 0.717) is 64.8 Å². The fourth-order valence-corrected chi connectivity index (χ4v) is 14.7. The largest absolute Gasteiger partial charge is 0.460 e. The van der Waals surface area contributed by atoms with Crippen LogP contribution in [0.2, 0.25) is 5.28 Å². The molecule has 68 heavy (non-hydrogen) atoms. The number of rotatable bonds is 6. The number of carbonyl (C=O) groups excluding carboxylic acids is 2. The molecule has 0 radical (unpaired) electrons. The van der Waals surface area contributed by atoms with Crippen LogP contribution in [0, 0.1) is 41.4 Å². The molecule has 360 valence electrons. The molecule has 0 aliphatic heterocycles. The van der Waals surface area contributed by atoms with Crippen molar-refractivity contribution in [2.24, 2.45) is 48.6 Å². The van der Waals surface area contributed by atoms with Crippen LogP contribution < -0.4 is 16.7 Å². The average molecular weight is 950 g/mol. The number of pyridine rings is 1. The Hall–Kier alpha value is -5.65. The number of esters is 2. The lowest BCUT2D eigenvalue weighted by Gasteiger charge is -2.61. The van der Waals surface area contributed by atoms with Crippen molar-refractivity contribution >= 4 is 63.2 Å². The van der Waals surface area contributed by atoms with E-state index in [4.69, 9.17) is 26.1 Å². The summed E-state index contributed by atoms with van der Waals surface area (Å²) in [4.78, 5) is 76.3. The van der Waals surface area contributed by atoms with Gasteiger partial charge in [-0.1, -0.05) is 0 Å². The lowest BCUT2D eigenvalue weighted by molar-refractivity contribution is -0.189. The number of nitrogens with zero attached hydrogens (tertiary/aromatic N) is 11. The summed E-state index contributed by atoms with van der Waals surface area (Å²) in [6, 6.07) is 1.94. The second kappa shape index (κ2) is 14.9. The highest BCUT2D eigenvalue weighted by atomic mass is 35.5. The zero-order valence-electron chi connectivity index (χ0n) is 40.4. The van der Waals surface area contributed by atoms with E-state index in [2.05, 4.69) is 30.4 Å². The number of hydrogen-bond acceptors (Lipinski definition) is 13. The van der Waals surface area contributed by atoms with Crippen LogP contribution in [-0.2, 0) is 44.2 Å². The molecule has 14 rings (SSSR count). The molecular weight excluding hydrogens is 888 g/mol. The first-order valence-corrected chi connectivity index (χ1v) is 24.4. The van der Waals surface area contributed by atoms with Gasteiger partial charge in [0.2, 0.25) is 11.2 Å². The van der Waals surface area contributed by atoms with E-state index in [1.54, 1.807) is 40.1 Å². The van der Waals surface area contributed by atoms with Crippen molar-refractivity contribution in [3.05, 3.63) is 62.8 Å². The Morgan fingerprint density at radius 2 is 1.18 bits per heavy atom. The monoisotopic (exact) mass is 948 g/mol. The second-order valence-electron chi connectivity index (χ2n) is 23.6. The Kier molecular flexibility index (Phi) is 9.84. The van der Waals surface area contributed by atoms with Gasteiger partial charge in [0.1, 0.15) is 28.6 Å². The maximum Gasteiger partial charge on any atom is 0.330 e. The molecule has 6 aromatic heterocycles. The summed E-state index contributed by atoms with van der Waals surface area (Å²) in [6.07, 6.45) is 17.1. The van der Waals surface area contributed by atoms with E-state index in [-0.39, 0.29) is 28.6 Å². The van der Waals surface area contributed by atoms with Gasteiger partial charge >= 0.3 is 23.3 Å². The highest BCUT2D eigenvalue weighted by molar-refractivity contribution is 6.28. The van der Waals surface area contributed by atoms with Gasteiger partial charge in [-0.25, -0.2) is 29.1 Å². The molecule has 0 aromatic carbocycles. The van der Waals surface area contributed by atoms with Crippen molar-refractivity contribution < 1.29 is 19.1 Å². The van der Waals surface area contributed by atoms with Gasteiger partial charge in [0.15, 0.2) is 16.9 Å². The van der Waals surface area contributed by atoms with E-state index in [1.807, 2.05) is 69.9 Å². The molecule has 4 atom stereocenters. The highest BCUT2D eigenvalue weighted by Crippen LogP contribution is 2.66. The van der Waals surface area contributed by atoms with Gasteiger partial charge in [-0.2, -0.15) is 15.1 Å². The van der Waals surface area contributed by atoms with Crippen molar-refractivity contribution in [1.29, 1.82) is 0 Å². The molecular formula is C49H61ClN12O6. The van der Waals surface area contributed by atoms with E-state index in [0.717, 1.165) is 81.1 Å². The van der Waals surface area contributed by atoms with Gasteiger partial charge in [0.05, 0.1) is 46.2 Å². The fraction of sp³-hybridized carbons (Fsp3) is 0.633. The van der Waals surface area contributed by atoms with Gasteiger partial charge in [0.25, 0.3) is 0 Å². The molecule has 8 bridgehead atoms. The Bertz CT molecular complexity index is 3170. The van der Waals surface area contributed by atoms with Crippen molar-refractivity contribution in [3.8, 4) is 0 Å². The van der Waals surface area contributed by atoms with Crippen LogP contribution in [0.25, 0.3) is 28.0 Å². The Labute approximate surface area is 398 Å². The van der Waals surface area contributed by atoms with Gasteiger partial charge < -0.3 is 14.8 Å². The molecule has 18 nitrogen and oxygen atoms in total. The summed E-state index contributed by atoms with van der Waals surface area (Å²) in [6.45, 7) is 13.5. The fourth-order valence-electron chi connectivity index (χ4n) is 14.5. The molecule has 6 heterocycles. The molecule has 19 heteroatoms. The standard InChI is InChI=1S/C28H34N8O3.C21H27ClN4O3/c1-16-6-21-30-15-31-35(21)13-19(16)32-24-29-12-20-22(33-24)36(25(38)34(20)5)28-10-17-7-18(11-28)9-27(8-17,14-28)23(37)39-26(2,3)4;1-19(2,3)29-16(27)20-6-12-5-13(7-20)9-21(8-12,11-20)26-15-14(25(4)18(26)28)10-23-17(22)24-15/h6,12-13,15,17-18H,7-11,14H2,1-5H3,(H,29,32,33);10,12-13H,5-9,11H2,1-4H3. The molecule has 8 fully saturated rings. The van der Waals surface area contributed by atoms with Crippen molar-refractivity contribution in [3.63, 3.8) is 0 Å². The third-order valence-corrected chi connectivity index (χ3v) is 16.3. The molecule has 4 unspecified atom stereocenters. The lowest BCUT2D eigenvalue weighted by Crippen LogP contribution is -2.61. The molecule has 0 saturated heterocycles. The topological polar surface area (TPSA) is 200 Å². The van der Waals surface area contributed by atoms with Crippen LogP contribution in [0.5, 0.6) is 0 Å². The van der Waals surface area contributed by atoms with E-state index >= 15 is 0 Å². The number of halogens is 1. The summed E-state index contributed by atoms with van der Waals surface area (Å²) >= 11 is 6.09. The molecule has 0 amide bonds. The molecule has 1 N–H and O–H groups in total. The number of ether oxygens (including phenoxy) is 2. The Balaban J connectivity index is 0.000000156. The summed E-state index contributed by atoms with van der Waals surface area (Å²) in [5.41, 5.74) is 1.78. The van der Waals surface area contributed by atoms with Crippen LogP contribution in [0.4, 0.5) is 11.6 Å². The molecule has 8 aliphatic carbocycles. The summed E-state index contributed by atoms with van der Waals surface area (Å²) in [7, 11) is 3.51. The Morgan fingerprint density at radius 1 is 0.706 bits per heavy atom. The first kappa shape index (κ1) is 44.8. The Morgan fingerprint density at radius 3 is 1.66 bits per heavy atom. The number of nitrogens with one attached hydrogen (secondary N) is 1. The third-order valence-electron chi connectivity index (χ3n) is 16.1. The first-order chi connectivity index (χ1) is 32.0. The van der Waals surface area contributed by atoms with E-state index < -0.39 is 33.1 Å². The van der Waals surface area contributed by atoms with Crippen molar-refractivity contribution in [2.75, 3.05) is 5.32 Å². The first-order valence-electron chi connectivity index (χ1n) is 24.1. The second-order valence-corrected chi connectivity index (χ2v) is 23.9. The minimum absolute atomic E-state index is 0.107. The minimum atomic E-state index is -0.558. The van der Waals surface area contributed by atoms with Crippen LogP contribution in [0.15, 0.2) is 40.6 Å². The van der Waals surface area contributed by atoms with Crippen molar-refractivity contribution in [2.45, 2.75) is 148 Å². The maximum absolute atomic E-state index is 13.9. The number of aryl methyl sites for hydroxylation is 3. The number of imidazole rings is 2. The highest BCUT2D eigenvalue weighted by Gasteiger charge is 2.64. The SMILES string of the molecule is Cc1cc2ncnn2cc1Nc1ncc2c(n1)n(C13CC4CC(CC(C(=O)OC(C)(C)C)(C4)C1)C3)c(=O)n2C.Cn1c(=O)n(C23CC4CC(CC(C(=O)OC(C)(C)C)(C4)C2)C3)c2nc(Cl)ncc21. The maximum atomic E-state index is 13.9. The van der Waals surface area contributed by atoms with Crippen LogP contribution in [0.1, 0.15) is 124 Å². The van der Waals surface area contributed by atoms with Crippen LogP contribution in [-0.4, -0.2) is 75.9 Å². The van der Waals surface area contributed by atoms with Gasteiger partial charge in [-0.15, -0.1) is 0 Å². The zero-order valence-corrected chi connectivity index (χ0v) is 41.2. The molecule has 8 saturated carbocycles. The van der Waals surface area contributed by atoms with Gasteiger partial charge in [-0.3, -0.25) is 27.9 Å². The predicted molar refractivity (Wildman–Crippen MR) is 253 cm³/mol. The minimum Gasteiger partial charge on any atom is -0.460 e. The van der Waals surface area contributed by atoms with Crippen LogP contribution >= 0.6 is 11.6 Å². The average Bonchev–Trinajstić information content (AvgIpc) is 3.86. The summed E-state index contributed by atoms with van der Waals surface area (Å²) in [5, 5.41) is 7.67.